The van der Waals surface area contributed by atoms with E-state index in [0.717, 1.165) is 25.1 Å². The van der Waals surface area contributed by atoms with Crippen molar-refractivity contribution in [1.29, 1.82) is 0 Å². The van der Waals surface area contributed by atoms with Crippen LogP contribution >= 0.6 is 0 Å². The van der Waals surface area contributed by atoms with Gasteiger partial charge in [-0.2, -0.15) is 0 Å². The third-order valence-corrected chi connectivity index (χ3v) is 7.34. The first-order valence-corrected chi connectivity index (χ1v) is 11.8. The third-order valence-electron chi connectivity index (χ3n) is 5.59. The number of piperidine rings is 1. The second-order valence-electron chi connectivity index (χ2n) is 7.67. The van der Waals surface area contributed by atoms with E-state index in [1.807, 2.05) is 42.2 Å². The van der Waals surface area contributed by atoms with Crippen LogP contribution in [0.3, 0.4) is 0 Å². The number of rotatable bonds is 6. The first kappa shape index (κ1) is 20.8. The minimum Gasteiger partial charge on any atom is -0.338 e. The number of carbonyl (C=O) groups excluding carboxylic acids is 2. The highest BCUT2D eigenvalue weighted by Gasteiger charge is 2.35. The van der Waals surface area contributed by atoms with Crippen LogP contribution in [0.1, 0.15) is 26.2 Å². The lowest BCUT2D eigenvalue weighted by atomic mass is 9.97. The molecule has 1 aromatic carbocycles. The summed E-state index contributed by atoms with van der Waals surface area (Å²) in [5, 5.41) is 2.95. The van der Waals surface area contributed by atoms with Gasteiger partial charge >= 0.3 is 0 Å². The van der Waals surface area contributed by atoms with Gasteiger partial charge in [0.2, 0.25) is 11.8 Å². The molecule has 0 bridgehead atoms. The van der Waals surface area contributed by atoms with Gasteiger partial charge in [0, 0.05) is 24.8 Å². The average Bonchev–Trinajstić information content (AvgIpc) is 3.03. The van der Waals surface area contributed by atoms with E-state index in [1.165, 1.54) is 0 Å². The number of likely N-dealkylation sites (N-methyl/N-ethyl adjacent to an activating group) is 1. The summed E-state index contributed by atoms with van der Waals surface area (Å²) in [4.78, 5) is 29.1. The average molecular weight is 408 g/mol. The highest BCUT2D eigenvalue weighted by molar-refractivity contribution is 7.91. The zero-order valence-electron chi connectivity index (χ0n) is 16.3. The normalized spacial score (nSPS) is 24.6. The van der Waals surface area contributed by atoms with E-state index in [9.17, 15) is 18.0 Å². The number of sulfone groups is 1. The second-order valence-corrected chi connectivity index (χ2v) is 9.89. The van der Waals surface area contributed by atoms with E-state index >= 15 is 0 Å². The zero-order chi connectivity index (χ0) is 20.1. The van der Waals surface area contributed by atoms with Crippen molar-refractivity contribution in [2.45, 2.75) is 32.2 Å². The van der Waals surface area contributed by atoms with E-state index in [2.05, 4.69) is 5.32 Å². The van der Waals surface area contributed by atoms with Crippen LogP contribution in [0.5, 0.6) is 0 Å². The highest BCUT2D eigenvalue weighted by atomic mass is 32.2. The van der Waals surface area contributed by atoms with E-state index in [4.69, 9.17) is 0 Å². The summed E-state index contributed by atoms with van der Waals surface area (Å²) < 4.78 is 23.5. The molecule has 2 saturated heterocycles. The first-order valence-electron chi connectivity index (χ1n) is 9.96. The maximum absolute atomic E-state index is 12.8. The van der Waals surface area contributed by atoms with Crippen molar-refractivity contribution in [2.75, 3.05) is 43.0 Å². The van der Waals surface area contributed by atoms with Gasteiger partial charge in [0.25, 0.3) is 0 Å². The van der Waals surface area contributed by atoms with Gasteiger partial charge in [-0.25, -0.2) is 8.42 Å². The summed E-state index contributed by atoms with van der Waals surface area (Å²) in [5.41, 5.74) is 0.778. The lowest BCUT2D eigenvalue weighted by Gasteiger charge is -2.34. The van der Waals surface area contributed by atoms with Crippen LogP contribution in [0, 0.1) is 5.92 Å². The molecular formula is C20H29N3O4S. The lowest BCUT2D eigenvalue weighted by molar-refractivity contribution is -0.135. The molecule has 28 heavy (non-hydrogen) atoms. The van der Waals surface area contributed by atoms with Gasteiger partial charge in [-0.3, -0.25) is 14.5 Å². The molecule has 2 atom stereocenters. The fourth-order valence-corrected chi connectivity index (χ4v) is 5.85. The molecule has 2 amide bonds. The number of hydrogen-bond donors (Lipinski definition) is 1. The Labute approximate surface area is 167 Å². The van der Waals surface area contributed by atoms with Crippen molar-refractivity contribution in [3.05, 3.63) is 30.3 Å². The van der Waals surface area contributed by atoms with E-state index in [-0.39, 0.29) is 41.8 Å². The Balaban J connectivity index is 1.55. The molecule has 1 aromatic rings. The van der Waals surface area contributed by atoms with E-state index in [1.54, 1.807) is 4.90 Å². The number of para-hydroxylation sites is 1. The molecule has 154 valence electrons. The van der Waals surface area contributed by atoms with Gasteiger partial charge in [0.1, 0.15) is 0 Å². The third kappa shape index (κ3) is 5.32. The molecule has 7 nitrogen and oxygen atoms in total. The van der Waals surface area contributed by atoms with Crippen LogP contribution < -0.4 is 5.32 Å². The largest absolute Gasteiger partial charge is 0.338 e. The van der Waals surface area contributed by atoms with Crippen molar-refractivity contribution in [2.24, 2.45) is 5.92 Å². The molecule has 3 rings (SSSR count). The molecule has 0 spiro atoms. The zero-order valence-corrected chi connectivity index (χ0v) is 17.2. The Morgan fingerprint density at radius 1 is 1.21 bits per heavy atom. The predicted octanol–water partition coefficient (Wildman–Crippen LogP) is 1.37. The number of carbonyl (C=O) groups is 2. The topological polar surface area (TPSA) is 86.8 Å². The summed E-state index contributed by atoms with van der Waals surface area (Å²) in [5.74, 6) is 0.0108. The maximum atomic E-state index is 12.8. The fraction of sp³-hybridized carbons (Fsp3) is 0.600. The fourth-order valence-electron chi connectivity index (χ4n) is 4.12. The van der Waals surface area contributed by atoms with Crippen LogP contribution in [-0.2, 0) is 19.4 Å². The van der Waals surface area contributed by atoms with Gasteiger partial charge in [-0.1, -0.05) is 18.2 Å². The molecule has 1 N–H and O–H groups in total. The molecule has 2 heterocycles. The Hall–Kier alpha value is -1.93. The van der Waals surface area contributed by atoms with Crippen LogP contribution in [0.25, 0.3) is 0 Å². The number of nitrogens with zero attached hydrogens (tertiary/aromatic N) is 2. The quantitative estimate of drug-likeness (QED) is 0.770. The maximum Gasteiger partial charge on any atom is 0.237 e. The Kier molecular flexibility index (Phi) is 6.72. The molecular weight excluding hydrogens is 378 g/mol. The summed E-state index contributed by atoms with van der Waals surface area (Å²) in [6.45, 7) is 3.95. The SMILES string of the molecule is CCN(C(=O)CN1CCC[C@@H](C(=O)Nc2ccccc2)C1)[C@H]1CCS(=O)(=O)C1. The predicted molar refractivity (Wildman–Crippen MR) is 109 cm³/mol. The van der Waals surface area contributed by atoms with Crippen molar-refractivity contribution >= 4 is 27.3 Å². The number of nitrogens with one attached hydrogen (secondary N) is 1. The van der Waals surface area contributed by atoms with Gasteiger partial charge in [-0.05, 0) is 44.9 Å². The first-order chi connectivity index (χ1) is 13.4. The van der Waals surface area contributed by atoms with Crippen molar-refractivity contribution < 1.29 is 18.0 Å². The van der Waals surface area contributed by atoms with Gasteiger partial charge in [0.15, 0.2) is 9.84 Å². The second kappa shape index (κ2) is 9.05. The number of benzene rings is 1. The van der Waals surface area contributed by atoms with Crippen LogP contribution in [-0.4, -0.2) is 73.8 Å². The summed E-state index contributed by atoms with van der Waals surface area (Å²) in [7, 11) is -3.03. The Morgan fingerprint density at radius 2 is 1.96 bits per heavy atom. The Morgan fingerprint density at radius 3 is 2.61 bits per heavy atom. The van der Waals surface area contributed by atoms with Crippen molar-refractivity contribution in [3.8, 4) is 0 Å². The molecule has 8 heteroatoms. The smallest absolute Gasteiger partial charge is 0.237 e. The molecule has 2 fully saturated rings. The van der Waals surface area contributed by atoms with Crippen LogP contribution in [0.2, 0.25) is 0 Å². The number of hydrogen-bond acceptors (Lipinski definition) is 5. The van der Waals surface area contributed by atoms with Gasteiger partial charge < -0.3 is 10.2 Å². The van der Waals surface area contributed by atoms with E-state index in [0.29, 0.717) is 19.5 Å². The van der Waals surface area contributed by atoms with Crippen molar-refractivity contribution in [3.63, 3.8) is 0 Å². The molecule has 0 saturated carbocycles. The summed E-state index contributed by atoms with van der Waals surface area (Å²) in [6.07, 6.45) is 2.19. The number of amides is 2. The van der Waals surface area contributed by atoms with Crippen LogP contribution in [0.15, 0.2) is 30.3 Å². The van der Waals surface area contributed by atoms with Crippen molar-refractivity contribution in [1.82, 2.24) is 9.80 Å². The summed E-state index contributed by atoms with van der Waals surface area (Å²) >= 11 is 0. The monoisotopic (exact) mass is 407 g/mol. The lowest BCUT2D eigenvalue weighted by Crippen LogP contribution is -2.49. The van der Waals surface area contributed by atoms with Crippen LogP contribution in [0.4, 0.5) is 5.69 Å². The number of anilines is 1. The number of likely N-dealkylation sites (tertiary alicyclic amines) is 1. The van der Waals surface area contributed by atoms with Gasteiger partial charge in [0.05, 0.1) is 24.0 Å². The minimum atomic E-state index is -3.03. The molecule has 0 aromatic heterocycles. The highest BCUT2D eigenvalue weighted by Crippen LogP contribution is 2.21. The standard InChI is InChI=1S/C20H29N3O4S/c1-2-23(18-10-12-28(26,27)15-18)19(24)14-22-11-6-7-16(13-22)20(25)21-17-8-4-3-5-9-17/h3-5,8-9,16,18H,2,6-7,10-15H2,1H3,(H,21,25)/t16-,18+/m1/s1. The Bertz CT molecular complexity index is 797. The molecule has 0 unspecified atom stereocenters. The summed E-state index contributed by atoms with van der Waals surface area (Å²) in [6, 6.07) is 9.16. The van der Waals surface area contributed by atoms with E-state index < -0.39 is 9.84 Å². The minimum absolute atomic E-state index is 0.0161. The molecule has 0 aliphatic carbocycles. The molecule has 0 radical (unpaired) electrons. The molecule has 2 aliphatic heterocycles. The molecule has 2 aliphatic rings. The van der Waals surface area contributed by atoms with Gasteiger partial charge in [-0.15, -0.1) is 0 Å².